The maximum absolute atomic E-state index is 12.7. The van der Waals surface area contributed by atoms with E-state index >= 15 is 0 Å². The summed E-state index contributed by atoms with van der Waals surface area (Å²) in [5.74, 6) is 0.393. The van der Waals surface area contributed by atoms with E-state index in [1.165, 1.54) is 0 Å². The second kappa shape index (κ2) is 7.11. The van der Waals surface area contributed by atoms with Crippen LogP contribution in [0.3, 0.4) is 0 Å². The van der Waals surface area contributed by atoms with Crippen LogP contribution >= 0.6 is 11.5 Å². The third-order valence-electron chi connectivity index (χ3n) is 5.57. The first-order valence-electron chi connectivity index (χ1n) is 9.36. The van der Waals surface area contributed by atoms with E-state index in [1.54, 1.807) is 6.92 Å². The number of carbonyl (C=O) groups excluding carboxylic acids is 1. The van der Waals surface area contributed by atoms with E-state index in [2.05, 4.69) is 19.6 Å². The number of amides is 1. The minimum atomic E-state index is -2.96. The molecule has 2 aromatic rings. The SMILES string of the molecule is Cc1nnsc1C(=O)N1CCN(c2c(C)nn([C@@H]3CCS(=O)(=O)C3)c2C)CC1. The van der Waals surface area contributed by atoms with Crippen LogP contribution in [0.15, 0.2) is 0 Å². The number of anilines is 1. The maximum atomic E-state index is 12.7. The highest BCUT2D eigenvalue weighted by Gasteiger charge is 2.33. The molecule has 0 saturated carbocycles. The lowest BCUT2D eigenvalue weighted by Gasteiger charge is -2.36. The normalized spacial score (nSPS) is 22.0. The van der Waals surface area contributed by atoms with E-state index < -0.39 is 9.84 Å². The van der Waals surface area contributed by atoms with Crippen LogP contribution in [-0.4, -0.2) is 76.3 Å². The van der Waals surface area contributed by atoms with Gasteiger partial charge in [0.25, 0.3) is 5.91 Å². The molecule has 0 aliphatic carbocycles. The van der Waals surface area contributed by atoms with Gasteiger partial charge in [-0.3, -0.25) is 9.48 Å². The van der Waals surface area contributed by atoms with Gasteiger partial charge in [0.2, 0.25) is 0 Å². The smallest absolute Gasteiger partial charge is 0.267 e. The first-order valence-corrected chi connectivity index (χ1v) is 12.0. The number of carbonyl (C=O) groups is 1. The molecule has 9 nitrogen and oxygen atoms in total. The fourth-order valence-corrected chi connectivity index (χ4v) is 6.46. The zero-order valence-electron chi connectivity index (χ0n) is 16.3. The lowest BCUT2D eigenvalue weighted by Crippen LogP contribution is -2.49. The van der Waals surface area contributed by atoms with Gasteiger partial charge in [-0.25, -0.2) is 8.42 Å². The predicted molar refractivity (Wildman–Crippen MR) is 107 cm³/mol. The van der Waals surface area contributed by atoms with Gasteiger partial charge >= 0.3 is 0 Å². The molecule has 152 valence electrons. The van der Waals surface area contributed by atoms with Crippen LogP contribution in [0.1, 0.15) is 39.2 Å². The molecule has 0 aromatic carbocycles. The van der Waals surface area contributed by atoms with Gasteiger partial charge in [-0.05, 0) is 38.7 Å². The predicted octanol–water partition coefficient (Wildman–Crippen LogP) is 0.982. The number of aryl methyl sites for hydroxylation is 2. The molecule has 4 heterocycles. The van der Waals surface area contributed by atoms with Gasteiger partial charge in [-0.1, -0.05) is 4.49 Å². The van der Waals surface area contributed by atoms with Crippen LogP contribution in [0.2, 0.25) is 0 Å². The quantitative estimate of drug-likeness (QED) is 0.724. The molecule has 1 atom stereocenters. The zero-order chi connectivity index (χ0) is 20.1. The number of aromatic nitrogens is 4. The highest BCUT2D eigenvalue weighted by molar-refractivity contribution is 7.91. The van der Waals surface area contributed by atoms with Crippen LogP contribution in [0.25, 0.3) is 0 Å². The molecule has 0 spiro atoms. The van der Waals surface area contributed by atoms with E-state index in [4.69, 9.17) is 0 Å². The summed E-state index contributed by atoms with van der Waals surface area (Å²) in [4.78, 5) is 17.4. The van der Waals surface area contributed by atoms with Gasteiger partial charge in [0.05, 0.1) is 40.3 Å². The van der Waals surface area contributed by atoms with E-state index in [0.29, 0.717) is 43.2 Å². The topological polar surface area (TPSA) is 101 Å². The Hall–Kier alpha value is -2.01. The molecule has 2 aromatic heterocycles. The monoisotopic (exact) mass is 424 g/mol. The minimum absolute atomic E-state index is 0.00699. The lowest BCUT2D eigenvalue weighted by molar-refractivity contribution is 0.0750. The minimum Gasteiger partial charge on any atom is -0.365 e. The summed E-state index contributed by atoms with van der Waals surface area (Å²) in [5.41, 5.74) is 3.65. The van der Waals surface area contributed by atoms with Crippen molar-refractivity contribution in [1.29, 1.82) is 0 Å². The van der Waals surface area contributed by atoms with Gasteiger partial charge in [0.15, 0.2) is 9.84 Å². The van der Waals surface area contributed by atoms with Crippen molar-refractivity contribution in [3.05, 3.63) is 22.0 Å². The third kappa shape index (κ3) is 3.41. The molecule has 1 amide bonds. The molecule has 2 fully saturated rings. The first kappa shape index (κ1) is 19.3. The Balaban J connectivity index is 1.48. The van der Waals surface area contributed by atoms with E-state index in [9.17, 15) is 13.2 Å². The average Bonchev–Trinajstić information content (AvgIpc) is 3.32. The molecular formula is C17H24N6O3S2. The highest BCUT2D eigenvalue weighted by atomic mass is 32.2. The van der Waals surface area contributed by atoms with Crippen LogP contribution in [0, 0.1) is 20.8 Å². The van der Waals surface area contributed by atoms with Crippen molar-refractivity contribution in [2.75, 3.05) is 42.6 Å². The summed E-state index contributed by atoms with van der Waals surface area (Å²) in [6.07, 6.45) is 0.619. The van der Waals surface area contributed by atoms with Crippen LogP contribution in [-0.2, 0) is 9.84 Å². The van der Waals surface area contributed by atoms with Gasteiger partial charge in [0, 0.05) is 26.2 Å². The standard InChI is InChI=1S/C17H24N6O3S2/c1-11-15(13(3)23(19-11)14-4-9-28(25,26)10-14)21-5-7-22(8-6-21)17(24)16-12(2)18-20-27-16/h14H,4-10H2,1-3H3/t14-/m1/s1. The number of piperazine rings is 1. The molecule has 2 aliphatic rings. The third-order valence-corrected chi connectivity index (χ3v) is 8.14. The van der Waals surface area contributed by atoms with Crippen molar-refractivity contribution in [2.24, 2.45) is 0 Å². The molecule has 0 radical (unpaired) electrons. The summed E-state index contributed by atoms with van der Waals surface area (Å²) in [7, 11) is -2.96. The lowest BCUT2D eigenvalue weighted by atomic mass is 10.2. The first-order chi connectivity index (χ1) is 13.3. The second-order valence-electron chi connectivity index (χ2n) is 7.49. The maximum Gasteiger partial charge on any atom is 0.267 e. The van der Waals surface area contributed by atoms with Crippen molar-refractivity contribution in [1.82, 2.24) is 24.3 Å². The van der Waals surface area contributed by atoms with Gasteiger partial charge in [0.1, 0.15) is 4.88 Å². The molecular weight excluding hydrogens is 400 g/mol. The molecule has 4 rings (SSSR count). The summed E-state index contributed by atoms with van der Waals surface area (Å²) in [6.45, 7) is 8.45. The van der Waals surface area contributed by atoms with Crippen molar-refractivity contribution in [3.63, 3.8) is 0 Å². The Kier molecular flexibility index (Phi) is 4.90. The van der Waals surface area contributed by atoms with Crippen LogP contribution in [0.4, 0.5) is 5.69 Å². The number of hydrogen-bond donors (Lipinski definition) is 0. The molecule has 28 heavy (non-hydrogen) atoms. The Morgan fingerprint density at radius 1 is 1.11 bits per heavy atom. The average molecular weight is 425 g/mol. The molecule has 2 aliphatic heterocycles. The second-order valence-corrected chi connectivity index (χ2v) is 10.5. The Bertz CT molecular complexity index is 1000. The number of rotatable bonds is 3. The largest absolute Gasteiger partial charge is 0.365 e. The molecule has 11 heteroatoms. The number of sulfone groups is 1. The summed E-state index contributed by atoms with van der Waals surface area (Å²) in [5, 5.41) is 8.58. The van der Waals surface area contributed by atoms with Crippen molar-refractivity contribution in [2.45, 2.75) is 33.2 Å². The summed E-state index contributed by atoms with van der Waals surface area (Å²) < 4.78 is 29.4. The van der Waals surface area contributed by atoms with Crippen LogP contribution < -0.4 is 4.90 Å². The zero-order valence-corrected chi connectivity index (χ0v) is 17.9. The van der Waals surface area contributed by atoms with E-state index in [1.807, 2.05) is 23.4 Å². The van der Waals surface area contributed by atoms with E-state index in [-0.39, 0.29) is 23.5 Å². The fourth-order valence-electron chi connectivity index (χ4n) is 4.14. The molecule has 2 saturated heterocycles. The Labute approximate surface area is 168 Å². The number of hydrogen-bond acceptors (Lipinski definition) is 8. The van der Waals surface area contributed by atoms with Crippen molar-refractivity contribution >= 4 is 33.0 Å². The van der Waals surface area contributed by atoms with E-state index in [0.717, 1.165) is 28.6 Å². The Morgan fingerprint density at radius 2 is 1.82 bits per heavy atom. The molecule has 0 bridgehead atoms. The van der Waals surface area contributed by atoms with Crippen molar-refractivity contribution in [3.8, 4) is 0 Å². The summed E-state index contributed by atoms with van der Waals surface area (Å²) in [6, 6.07) is -0.0814. The Morgan fingerprint density at radius 3 is 2.39 bits per heavy atom. The molecule has 0 N–H and O–H groups in total. The highest BCUT2D eigenvalue weighted by Crippen LogP contribution is 2.31. The van der Waals surface area contributed by atoms with Gasteiger partial charge < -0.3 is 9.80 Å². The summed E-state index contributed by atoms with van der Waals surface area (Å²) >= 11 is 1.14. The van der Waals surface area contributed by atoms with Gasteiger partial charge in [-0.2, -0.15) is 5.10 Å². The van der Waals surface area contributed by atoms with Crippen molar-refractivity contribution < 1.29 is 13.2 Å². The fraction of sp³-hybridized carbons (Fsp3) is 0.647. The number of nitrogens with zero attached hydrogens (tertiary/aromatic N) is 6. The van der Waals surface area contributed by atoms with Gasteiger partial charge in [-0.15, -0.1) is 5.10 Å². The molecule has 0 unspecified atom stereocenters. The van der Waals surface area contributed by atoms with Crippen LogP contribution in [0.5, 0.6) is 0 Å².